The highest BCUT2D eigenvalue weighted by atomic mass is 16.5. The molecule has 0 fully saturated rings. The molecule has 0 saturated heterocycles. The van der Waals surface area contributed by atoms with Gasteiger partial charge in [0.05, 0.1) is 12.2 Å². The predicted molar refractivity (Wildman–Crippen MR) is 98.2 cm³/mol. The van der Waals surface area contributed by atoms with E-state index in [2.05, 4.69) is 20.3 Å². The van der Waals surface area contributed by atoms with Gasteiger partial charge in [-0.15, -0.1) is 0 Å². The summed E-state index contributed by atoms with van der Waals surface area (Å²) in [6, 6.07) is 10.8. The van der Waals surface area contributed by atoms with Crippen LogP contribution in [0, 0.1) is 0 Å². The first-order chi connectivity index (χ1) is 12.8. The van der Waals surface area contributed by atoms with Crippen LogP contribution in [-0.4, -0.2) is 41.2 Å². The normalized spacial score (nSPS) is 10.5. The third kappa shape index (κ3) is 4.67. The summed E-state index contributed by atoms with van der Waals surface area (Å²) >= 11 is 0. The summed E-state index contributed by atoms with van der Waals surface area (Å²) < 4.78 is 10.4. The van der Waals surface area contributed by atoms with Gasteiger partial charge in [-0.3, -0.25) is 4.79 Å². The second kappa shape index (κ2) is 8.77. The van der Waals surface area contributed by atoms with Crippen molar-refractivity contribution >= 4 is 11.6 Å². The third-order valence-electron chi connectivity index (χ3n) is 3.63. The number of H-pyrrole nitrogens is 1. The molecule has 2 N–H and O–H groups in total. The highest BCUT2D eigenvalue weighted by molar-refractivity contribution is 6.04. The Bertz CT molecular complexity index is 832. The Labute approximate surface area is 151 Å². The number of carbonyl (C=O) groups is 1. The molecule has 3 rings (SSSR count). The second-order valence-corrected chi connectivity index (χ2v) is 5.55. The van der Waals surface area contributed by atoms with Crippen LogP contribution in [0.25, 0.3) is 11.4 Å². The molecule has 0 atom stereocenters. The summed E-state index contributed by atoms with van der Waals surface area (Å²) in [5.74, 6) is 0.996. The Kier molecular flexibility index (Phi) is 5.95. The van der Waals surface area contributed by atoms with Gasteiger partial charge in [0.15, 0.2) is 0 Å². The molecule has 0 aliphatic heterocycles. The first kappa shape index (κ1) is 17.6. The van der Waals surface area contributed by atoms with Crippen LogP contribution in [0.15, 0.2) is 55.0 Å². The number of methoxy groups -OCH3 is 1. The molecular formula is C19H20N4O3. The van der Waals surface area contributed by atoms with Crippen molar-refractivity contribution in [1.29, 1.82) is 0 Å². The standard InChI is InChI=1S/C19H20N4O3/c1-25-10-3-11-26-17-7-6-15(13-22-17)19(24)23-16-5-2-4-14(12-16)18-20-8-9-21-18/h2,4-9,12-13H,3,10-11H2,1H3,(H,20,21)(H,23,24). The molecular weight excluding hydrogens is 332 g/mol. The molecule has 1 aromatic carbocycles. The van der Waals surface area contributed by atoms with E-state index >= 15 is 0 Å². The monoisotopic (exact) mass is 352 g/mol. The number of hydrogen-bond donors (Lipinski definition) is 2. The lowest BCUT2D eigenvalue weighted by molar-refractivity contribution is 0.102. The maximum atomic E-state index is 12.4. The number of aromatic nitrogens is 3. The fourth-order valence-corrected chi connectivity index (χ4v) is 2.35. The fourth-order valence-electron chi connectivity index (χ4n) is 2.35. The lowest BCUT2D eigenvalue weighted by Crippen LogP contribution is -2.12. The number of carbonyl (C=O) groups excluding carboxylic acids is 1. The summed E-state index contributed by atoms with van der Waals surface area (Å²) in [6.45, 7) is 1.16. The van der Waals surface area contributed by atoms with Gasteiger partial charge in [0, 0.05) is 56.0 Å². The van der Waals surface area contributed by atoms with Crippen LogP contribution in [0.3, 0.4) is 0 Å². The van der Waals surface area contributed by atoms with Crippen LogP contribution >= 0.6 is 0 Å². The third-order valence-corrected chi connectivity index (χ3v) is 3.63. The summed E-state index contributed by atoms with van der Waals surface area (Å²) in [6.07, 6.45) is 5.72. The van der Waals surface area contributed by atoms with Crippen LogP contribution in [0.2, 0.25) is 0 Å². The largest absolute Gasteiger partial charge is 0.478 e. The molecule has 0 saturated carbocycles. The van der Waals surface area contributed by atoms with Crippen molar-refractivity contribution in [2.45, 2.75) is 6.42 Å². The minimum atomic E-state index is -0.236. The van der Waals surface area contributed by atoms with Gasteiger partial charge in [0.1, 0.15) is 5.82 Å². The molecule has 0 radical (unpaired) electrons. The smallest absolute Gasteiger partial charge is 0.257 e. The van der Waals surface area contributed by atoms with Crippen LogP contribution in [-0.2, 0) is 4.74 Å². The fraction of sp³-hybridized carbons (Fsp3) is 0.211. The highest BCUT2D eigenvalue weighted by Gasteiger charge is 2.08. The van der Waals surface area contributed by atoms with E-state index in [4.69, 9.17) is 9.47 Å². The van der Waals surface area contributed by atoms with E-state index in [-0.39, 0.29) is 5.91 Å². The molecule has 0 aliphatic carbocycles. The molecule has 26 heavy (non-hydrogen) atoms. The number of anilines is 1. The van der Waals surface area contributed by atoms with E-state index in [1.165, 1.54) is 6.20 Å². The number of hydrogen-bond acceptors (Lipinski definition) is 5. The zero-order chi connectivity index (χ0) is 18.2. The maximum Gasteiger partial charge on any atom is 0.257 e. The predicted octanol–water partition coefficient (Wildman–Crippen LogP) is 3.14. The van der Waals surface area contributed by atoms with Crippen LogP contribution in [0.5, 0.6) is 5.88 Å². The van der Waals surface area contributed by atoms with Crippen molar-refractivity contribution in [3.8, 4) is 17.3 Å². The zero-order valence-electron chi connectivity index (χ0n) is 14.4. The first-order valence-corrected chi connectivity index (χ1v) is 8.25. The van der Waals surface area contributed by atoms with Gasteiger partial charge in [-0.05, 0) is 18.2 Å². The van der Waals surface area contributed by atoms with Crippen molar-refractivity contribution in [2.75, 3.05) is 25.6 Å². The van der Waals surface area contributed by atoms with E-state index in [9.17, 15) is 4.79 Å². The van der Waals surface area contributed by atoms with Gasteiger partial charge in [-0.25, -0.2) is 9.97 Å². The molecule has 2 heterocycles. The average molecular weight is 352 g/mol. The number of amides is 1. The van der Waals surface area contributed by atoms with Crippen LogP contribution in [0.1, 0.15) is 16.8 Å². The Morgan fingerprint density at radius 3 is 2.85 bits per heavy atom. The topological polar surface area (TPSA) is 89.1 Å². The van der Waals surface area contributed by atoms with Gasteiger partial charge in [0.2, 0.25) is 5.88 Å². The van der Waals surface area contributed by atoms with E-state index in [0.29, 0.717) is 30.3 Å². The van der Waals surface area contributed by atoms with Crippen molar-refractivity contribution in [3.05, 3.63) is 60.6 Å². The van der Waals surface area contributed by atoms with Gasteiger partial charge in [-0.1, -0.05) is 12.1 Å². The Morgan fingerprint density at radius 2 is 2.12 bits per heavy atom. The summed E-state index contributed by atoms with van der Waals surface area (Å²) in [5.41, 5.74) is 2.03. The zero-order valence-corrected chi connectivity index (χ0v) is 14.4. The number of nitrogens with zero attached hydrogens (tertiary/aromatic N) is 2. The Hall–Kier alpha value is -3.19. The van der Waals surface area contributed by atoms with E-state index in [1.54, 1.807) is 31.6 Å². The van der Waals surface area contributed by atoms with Gasteiger partial charge >= 0.3 is 0 Å². The van der Waals surface area contributed by atoms with Crippen LogP contribution < -0.4 is 10.1 Å². The van der Waals surface area contributed by atoms with E-state index in [0.717, 1.165) is 17.8 Å². The van der Waals surface area contributed by atoms with Crippen molar-refractivity contribution in [3.63, 3.8) is 0 Å². The van der Waals surface area contributed by atoms with Crippen molar-refractivity contribution < 1.29 is 14.3 Å². The van der Waals surface area contributed by atoms with E-state index in [1.807, 2.05) is 24.3 Å². The SMILES string of the molecule is COCCCOc1ccc(C(=O)Nc2cccc(-c3ncc[nH]3)c2)cn1. The van der Waals surface area contributed by atoms with Gasteiger partial charge in [-0.2, -0.15) is 0 Å². The van der Waals surface area contributed by atoms with Crippen LogP contribution in [0.4, 0.5) is 5.69 Å². The molecule has 7 heteroatoms. The minimum Gasteiger partial charge on any atom is -0.478 e. The van der Waals surface area contributed by atoms with Gasteiger partial charge < -0.3 is 19.8 Å². The molecule has 1 amide bonds. The summed E-state index contributed by atoms with van der Waals surface area (Å²) in [7, 11) is 1.65. The number of aromatic amines is 1. The van der Waals surface area contributed by atoms with E-state index < -0.39 is 0 Å². The second-order valence-electron chi connectivity index (χ2n) is 5.55. The minimum absolute atomic E-state index is 0.236. The molecule has 0 aliphatic rings. The molecule has 7 nitrogen and oxygen atoms in total. The molecule has 134 valence electrons. The lowest BCUT2D eigenvalue weighted by atomic mass is 10.2. The molecule has 0 bridgehead atoms. The number of benzene rings is 1. The maximum absolute atomic E-state index is 12.4. The number of nitrogens with one attached hydrogen (secondary N) is 2. The summed E-state index contributed by atoms with van der Waals surface area (Å²) in [5, 5.41) is 2.86. The number of pyridine rings is 1. The van der Waals surface area contributed by atoms with Crippen molar-refractivity contribution in [1.82, 2.24) is 15.0 Å². The number of ether oxygens (including phenoxy) is 2. The highest BCUT2D eigenvalue weighted by Crippen LogP contribution is 2.19. The number of rotatable bonds is 8. The Balaban J connectivity index is 1.60. The molecule has 3 aromatic rings. The summed E-state index contributed by atoms with van der Waals surface area (Å²) in [4.78, 5) is 23.8. The van der Waals surface area contributed by atoms with Crippen molar-refractivity contribution in [2.24, 2.45) is 0 Å². The van der Waals surface area contributed by atoms with Gasteiger partial charge in [0.25, 0.3) is 5.91 Å². The first-order valence-electron chi connectivity index (χ1n) is 8.25. The Morgan fingerprint density at radius 1 is 1.19 bits per heavy atom. The molecule has 0 unspecified atom stereocenters. The number of imidazole rings is 1. The lowest BCUT2D eigenvalue weighted by Gasteiger charge is -2.08. The molecule has 0 spiro atoms. The molecule has 2 aromatic heterocycles. The quantitative estimate of drug-likeness (QED) is 0.608. The average Bonchev–Trinajstić information content (AvgIpc) is 3.21.